The normalized spacial score (nSPS) is 11.3. The van der Waals surface area contributed by atoms with E-state index < -0.39 is 0 Å². The van der Waals surface area contributed by atoms with Crippen LogP contribution in [0.25, 0.3) is 29.6 Å². The molecule has 0 spiro atoms. The molecule has 2 heterocycles. The zero-order chi connectivity index (χ0) is 19.9. The van der Waals surface area contributed by atoms with Gasteiger partial charge in [-0.25, -0.2) is 0 Å². The molecule has 2 aromatic heterocycles. The van der Waals surface area contributed by atoms with Crippen LogP contribution in [-0.2, 0) is 0 Å². The van der Waals surface area contributed by atoms with Crippen LogP contribution in [-0.4, -0.2) is 43.1 Å². The molecule has 0 fully saturated rings. The van der Waals surface area contributed by atoms with Crippen molar-refractivity contribution in [2.75, 3.05) is 33.1 Å². The summed E-state index contributed by atoms with van der Waals surface area (Å²) in [6, 6.07) is 16.6. The average Bonchev–Trinajstić information content (AvgIpc) is 2.71. The first-order valence-corrected chi connectivity index (χ1v) is 9.24. The van der Waals surface area contributed by atoms with E-state index in [0.717, 1.165) is 28.1 Å². The zero-order valence-corrected chi connectivity index (χ0v) is 16.9. The van der Waals surface area contributed by atoms with Gasteiger partial charge in [0.25, 0.3) is 0 Å². The van der Waals surface area contributed by atoms with E-state index in [1.54, 1.807) is 0 Å². The van der Waals surface area contributed by atoms with Crippen LogP contribution in [0.15, 0.2) is 67.1 Å². The number of hydrogen-bond donors (Lipinski definition) is 0. The van der Waals surface area contributed by atoms with Crippen molar-refractivity contribution in [1.82, 2.24) is 14.9 Å². The maximum atomic E-state index is 4.50. The molecule has 4 nitrogen and oxygen atoms in total. The van der Waals surface area contributed by atoms with Crippen molar-refractivity contribution in [2.24, 2.45) is 0 Å². The summed E-state index contributed by atoms with van der Waals surface area (Å²) in [5.41, 5.74) is 6.28. The molecule has 28 heavy (non-hydrogen) atoms. The summed E-state index contributed by atoms with van der Waals surface area (Å²) >= 11 is 0. The molecule has 1 aromatic carbocycles. The van der Waals surface area contributed by atoms with Gasteiger partial charge in [0.05, 0.1) is 11.4 Å². The molecule has 0 aliphatic rings. The standard InChI is InChI=1S/C24H26N4/c1-27(2)16-13-21-12-15-26-24(18-21)23-17-20(11-14-25-23)6-5-19-7-9-22(10-8-19)28(3)4/h5-18H,1-4H3/b6-5+,16-13+. The van der Waals surface area contributed by atoms with E-state index in [1.807, 2.05) is 63.8 Å². The van der Waals surface area contributed by atoms with E-state index in [-0.39, 0.29) is 0 Å². The predicted octanol–water partition coefficient (Wildman–Crippen LogP) is 4.91. The van der Waals surface area contributed by atoms with E-state index in [4.69, 9.17) is 0 Å². The molecule has 0 saturated heterocycles. The average molecular weight is 371 g/mol. The summed E-state index contributed by atoms with van der Waals surface area (Å²) in [6.45, 7) is 0. The minimum Gasteiger partial charge on any atom is -0.383 e. The van der Waals surface area contributed by atoms with Crippen molar-refractivity contribution in [3.63, 3.8) is 0 Å². The third-order valence-corrected chi connectivity index (χ3v) is 4.27. The van der Waals surface area contributed by atoms with E-state index in [1.165, 1.54) is 5.69 Å². The lowest BCUT2D eigenvalue weighted by molar-refractivity contribution is 0.567. The zero-order valence-electron chi connectivity index (χ0n) is 16.9. The van der Waals surface area contributed by atoms with Crippen LogP contribution in [0.5, 0.6) is 0 Å². The Morgan fingerprint density at radius 1 is 0.643 bits per heavy atom. The first kappa shape index (κ1) is 19.4. The van der Waals surface area contributed by atoms with Gasteiger partial charge in [-0.1, -0.05) is 24.3 Å². The van der Waals surface area contributed by atoms with Gasteiger partial charge in [-0.3, -0.25) is 9.97 Å². The van der Waals surface area contributed by atoms with Gasteiger partial charge in [-0.2, -0.15) is 0 Å². The fraction of sp³-hybridized carbons (Fsp3) is 0.167. The highest BCUT2D eigenvalue weighted by atomic mass is 15.1. The quantitative estimate of drug-likeness (QED) is 0.617. The van der Waals surface area contributed by atoms with E-state index in [9.17, 15) is 0 Å². The van der Waals surface area contributed by atoms with Crippen molar-refractivity contribution < 1.29 is 0 Å². The molecule has 0 radical (unpaired) electrons. The Morgan fingerprint density at radius 2 is 1.18 bits per heavy atom. The van der Waals surface area contributed by atoms with Gasteiger partial charge < -0.3 is 9.80 Å². The van der Waals surface area contributed by atoms with Crippen molar-refractivity contribution in [3.05, 3.63) is 83.8 Å². The summed E-state index contributed by atoms with van der Waals surface area (Å²) in [7, 11) is 8.10. The van der Waals surface area contributed by atoms with Crippen LogP contribution in [0.4, 0.5) is 5.69 Å². The molecular formula is C24H26N4. The van der Waals surface area contributed by atoms with E-state index >= 15 is 0 Å². The topological polar surface area (TPSA) is 32.3 Å². The molecule has 0 aliphatic carbocycles. The molecular weight excluding hydrogens is 344 g/mol. The highest BCUT2D eigenvalue weighted by Crippen LogP contribution is 2.19. The SMILES string of the molecule is CN(C)/C=C/c1ccnc(-c2cc(/C=C/c3ccc(N(C)C)cc3)ccn2)c1. The van der Waals surface area contributed by atoms with Crippen LogP contribution in [0.3, 0.4) is 0 Å². The number of anilines is 1. The van der Waals surface area contributed by atoms with Gasteiger partial charge >= 0.3 is 0 Å². The lowest BCUT2D eigenvalue weighted by Gasteiger charge is -2.11. The third-order valence-electron chi connectivity index (χ3n) is 4.27. The minimum absolute atomic E-state index is 0.866. The van der Waals surface area contributed by atoms with Crippen molar-refractivity contribution in [1.29, 1.82) is 0 Å². The van der Waals surface area contributed by atoms with Gasteiger partial charge in [0.2, 0.25) is 0 Å². The van der Waals surface area contributed by atoms with Crippen LogP contribution in [0.2, 0.25) is 0 Å². The smallest absolute Gasteiger partial charge is 0.0892 e. The maximum absolute atomic E-state index is 4.50. The van der Waals surface area contributed by atoms with Crippen molar-refractivity contribution in [3.8, 4) is 11.4 Å². The Kier molecular flexibility index (Phi) is 6.22. The molecule has 0 atom stereocenters. The summed E-state index contributed by atoms with van der Waals surface area (Å²) in [5.74, 6) is 0. The Morgan fingerprint density at radius 3 is 1.71 bits per heavy atom. The van der Waals surface area contributed by atoms with Gasteiger partial charge in [-0.05, 0) is 65.4 Å². The number of pyridine rings is 2. The largest absolute Gasteiger partial charge is 0.383 e. The molecule has 0 unspecified atom stereocenters. The van der Waals surface area contributed by atoms with E-state index in [2.05, 4.69) is 69.5 Å². The third kappa shape index (κ3) is 5.30. The number of aromatic nitrogens is 2. The predicted molar refractivity (Wildman–Crippen MR) is 120 cm³/mol. The second-order valence-corrected chi connectivity index (χ2v) is 7.05. The minimum atomic E-state index is 0.866. The van der Waals surface area contributed by atoms with Crippen molar-refractivity contribution in [2.45, 2.75) is 0 Å². The number of rotatable bonds is 6. The molecule has 142 valence electrons. The molecule has 0 N–H and O–H groups in total. The summed E-state index contributed by atoms with van der Waals surface area (Å²) < 4.78 is 0. The molecule has 0 amide bonds. The molecule has 3 rings (SSSR count). The molecule has 0 aliphatic heterocycles. The van der Waals surface area contributed by atoms with Gasteiger partial charge in [0.1, 0.15) is 0 Å². The molecule has 0 saturated carbocycles. The number of hydrogen-bond acceptors (Lipinski definition) is 4. The maximum Gasteiger partial charge on any atom is 0.0892 e. The summed E-state index contributed by atoms with van der Waals surface area (Å²) in [6.07, 6.45) is 11.9. The highest BCUT2D eigenvalue weighted by Gasteiger charge is 2.02. The Bertz CT molecular complexity index is 970. The monoisotopic (exact) mass is 370 g/mol. The van der Waals surface area contributed by atoms with Crippen LogP contribution >= 0.6 is 0 Å². The fourth-order valence-corrected chi connectivity index (χ4v) is 2.69. The second-order valence-electron chi connectivity index (χ2n) is 7.05. The van der Waals surface area contributed by atoms with Crippen LogP contribution in [0, 0.1) is 0 Å². The van der Waals surface area contributed by atoms with Crippen LogP contribution < -0.4 is 4.90 Å². The summed E-state index contributed by atoms with van der Waals surface area (Å²) in [4.78, 5) is 13.1. The van der Waals surface area contributed by atoms with E-state index in [0.29, 0.717) is 0 Å². The fourth-order valence-electron chi connectivity index (χ4n) is 2.69. The molecule has 4 heteroatoms. The number of benzene rings is 1. The second kappa shape index (κ2) is 9.00. The first-order valence-electron chi connectivity index (χ1n) is 9.24. The first-order chi connectivity index (χ1) is 13.5. The lowest BCUT2D eigenvalue weighted by Crippen LogP contribution is -2.07. The van der Waals surface area contributed by atoms with Gasteiger partial charge in [0, 0.05) is 46.3 Å². The van der Waals surface area contributed by atoms with Gasteiger partial charge in [-0.15, -0.1) is 0 Å². The highest BCUT2D eigenvalue weighted by molar-refractivity contribution is 5.72. The van der Waals surface area contributed by atoms with Crippen molar-refractivity contribution >= 4 is 23.9 Å². The Balaban J connectivity index is 1.79. The molecule has 3 aromatic rings. The Labute approximate surface area is 167 Å². The molecule has 0 bridgehead atoms. The van der Waals surface area contributed by atoms with Crippen LogP contribution in [0.1, 0.15) is 16.7 Å². The lowest BCUT2D eigenvalue weighted by atomic mass is 10.1. The Hall–Kier alpha value is -3.40. The van der Waals surface area contributed by atoms with Gasteiger partial charge in [0.15, 0.2) is 0 Å². The number of nitrogens with zero attached hydrogens (tertiary/aromatic N) is 4. The summed E-state index contributed by atoms with van der Waals surface area (Å²) in [5, 5.41) is 0.